The highest BCUT2D eigenvalue weighted by Crippen LogP contribution is 2.28. The summed E-state index contributed by atoms with van der Waals surface area (Å²) in [7, 11) is 0. The fraction of sp³-hybridized carbons (Fsp3) is 0.355. The molecule has 2 amide bonds. The lowest BCUT2D eigenvalue weighted by molar-refractivity contribution is -0.118. The van der Waals surface area contributed by atoms with Crippen molar-refractivity contribution < 1.29 is 19.4 Å². The number of nitriles is 1. The molecule has 0 spiro atoms. The van der Waals surface area contributed by atoms with E-state index in [1.54, 1.807) is 19.1 Å². The highest BCUT2D eigenvalue weighted by atomic mass is 127. The third-order valence-electron chi connectivity index (χ3n) is 6.40. The molecule has 10 heteroatoms. The van der Waals surface area contributed by atoms with Gasteiger partial charge in [0.2, 0.25) is 5.91 Å². The molecular weight excluding hydrogens is 633 g/mol. The van der Waals surface area contributed by atoms with Crippen LogP contribution in [0.1, 0.15) is 84.2 Å². The standard InChI is InChI=1S/C31H36IN5O4/c1-5-21(8-11-26(32)27-18-37-14-6-7-25(20(4)38)30(37)36-27)15-24(10-13-29(34)39)35-31(40)22-9-12-28(41-19(2)3)23(16-22)17-33/h5-9,11-12,14,16,18-20,24,26,38H,10,13,15H2,1-4H3,(H2,34,39)(H,35,40)/b11-8-,21-5+/t20?,24-,26?/m1/s1. The minimum atomic E-state index is -0.628. The molecule has 0 aliphatic carbocycles. The van der Waals surface area contributed by atoms with Crippen LogP contribution in [0.25, 0.3) is 5.65 Å². The minimum Gasteiger partial charge on any atom is -0.490 e. The number of hydrogen-bond acceptors (Lipinski definition) is 6. The van der Waals surface area contributed by atoms with E-state index in [-0.39, 0.29) is 34.0 Å². The average Bonchev–Trinajstić information content (AvgIpc) is 3.38. The van der Waals surface area contributed by atoms with E-state index < -0.39 is 12.0 Å². The number of ether oxygens (including phenoxy) is 1. The van der Waals surface area contributed by atoms with E-state index in [1.165, 1.54) is 6.07 Å². The Morgan fingerprint density at radius 2 is 2.05 bits per heavy atom. The van der Waals surface area contributed by atoms with Crippen molar-refractivity contribution in [1.29, 1.82) is 5.26 Å². The molecule has 216 valence electrons. The summed E-state index contributed by atoms with van der Waals surface area (Å²) in [4.78, 5) is 29.4. The number of hydrogen-bond donors (Lipinski definition) is 3. The molecule has 9 nitrogen and oxygen atoms in total. The van der Waals surface area contributed by atoms with Crippen molar-refractivity contribution in [1.82, 2.24) is 14.7 Å². The van der Waals surface area contributed by atoms with Gasteiger partial charge in [0.25, 0.3) is 5.91 Å². The molecule has 41 heavy (non-hydrogen) atoms. The van der Waals surface area contributed by atoms with Crippen molar-refractivity contribution in [2.75, 3.05) is 0 Å². The maximum absolute atomic E-state index is 13.1. The van der Waals surface area contributed by atoms with Gasteiger partial charge in [-0.2, -0.15) is 5.26 Å². The van der Waals surface area contributed by atoms with Crippen LogP contribution in [-0.2, 0) is 4.79 Å². The molecule has 0 saturated carbocycles. The van der Waals surface area contributed by atoms with Crippen molar-refractivity contribution in [3.63, 3.8) is 0 Å². The van der Waals surface area contributed by atoms with Gasteiger partial charge in [0.1, 0.15) is 17.5 Å². The van der Waals surface area contributed by atoms with Crippen LogP contribution in [0.2, 0.25) is 0 Å². The molecule has 3 aromatic rings. The van der Waals surface area contributed by atoms with Crippen LogP contribution < -0.4 is 15.8 Å². The zero-order chi connectivity index (χ0) is 30.1. The number of halogens is 1. The number of imidazole rings is 1. The summed E-state index contributed by atoms with van der Waals surface area (Å²) < 4.78 is 7.52. The van der Waals surface area contributed by atoms with Gasteiger partial charge in [0.15, 0.2) is 0 Å². The number of pyridine rings is 1. The third-order valence-corrected chi connectivity index (χ3v) is 7.45. The van der Waals surface area contributed by atoms with Crippen LogP contribution in [0.3, 0.4) is 0 Å². The Bertz CT molecular complexity index is 1490. The molecule has 0 bridgehead atoms. The van der Waals surface area contributed by atoms with Crippen LogP contribution in [0.15, 0.2) is 66.5 Å². The Balaban J connectivity index is 1.75. The van der Waals surface area contributed by atoms with E-state index in [1.807, 2.05) is 67.9 Å². The van der Waals surface area contributed by atoms with E-state index in [2.05, 4.69) is 34.0 Å². The second-order valence-corrected chi connectivity index (χ2v) is 11.4. The lowest BCUT2D eigenvalue weighted by Crippen LogP contribution is -2.36. The number of nitrogens with zero attached hydrogens (tertiary/aromatic N) is 3. The number of carbonyl (C=O) groups excluding carboxylic acids is 2. The van der Waals surface area contributed by atoms with E-state index in [0.29, 0.717) is 24.2 Å². The number of nitrogens with two attached hydrogens (primary N) is 1. The number of aliphatic hydroxyl groups is 1. The molecule has 1 aromatic carbocycles. The van der Waals surface area contributed by atoms with E-state index in [9.17, 15) is 20.0 Å². The monoisotopic (exact) mass is 669 g/mol. The van der Waals surface area contributed by atoms with Crippen LogP contribution in [0.4, 0.5) is 0 Å². The molecular formula is C31H36IN5O4. The molecule has 0 radical (unpaired) electrons. The van der Waals surface area contributed by atoms with Gasteiger partial charge >= 0.3 is 0 Å². The summed E-state index contributed by atoms with van der Waals surface area (Å²) in [6.07, 6.45) is 10.1. The summed E-state index contributed by atoms with van der Waals surface area (Å²) in [5.74, 6) is -0.372. The lowest BCUT2D eigenvalue weighted by atomic mass is 9.99. The van der Waals surface area contributed by atoms with Gasteiger partial charge in [0.05, 0.1) is 27.4 Å². The van der Waals surface area contributed by atoms with Crippen LogP contribution in [-0.4, -0.2) is 38.5 Å². The van der Waals surface area contributed by atoms with Crippen molar-refractivity contribution in [2.24, 2.45) is 5.73 Å². The first-order valence-corrected chi connectivity index (χ1v) is 14.7. The maximum Gasteiger partial charge on any atom is 0.251 e. The fourth-order valence-electron chi connectivity index (χ4n) is 4.31. The number of fused-ring (bicyclic) bond motifs is 1. The van der Waals surface area contributed by atoms with Gasteiger partial charge in [-0.1, -0.05) is 52.5 Å². The number of amides is 2. The minimum absolute atomic E-state index is 0.0427. The number of allylic oxidation sites excluding steroid dienone is 3. The molecule has 3 atom stereocenters. The number of aromatic nitrogens is 2. The predicted octanol–water partition coefficient (Wildman–Crippen LogP) is 5.48. The second-order valence-electron chi connectivity index (χ2n) is 10.0. The van der Waals surface area contributed by atoms with Gasteiger partial charge in [-0.15, -0.1) is 0 Å². The summed E-state index contributed by atoms with van der Waals surface area (Å²) in [5.41, 5.74) is 9.31. The number of aliphatic hydroxyl groups excluding tert-OH is 1. The summed E-state index contributed by atoms with van der Waals surface area (Å²) in [6, 6.07) is 10.2. The Labute approximate surface area is 254 Å². The molecule has 2 aromatic heterocycles. The van der Waals surface area contributed by atoms with E-state index >= 15 is 0 Å². The lowest BCUT2D eigenvalue weighted by Gasteiger charge is -2.19. The van der Waals surface area contributed by atoms with Gasteiger partial charge in [-0.25, -0.2) is 4.98 Å². The highest BCUT2D eigenvalue weighted by molar-refractivity contribution is 14.1. The van der Waals surface area contributed by atoms with Crippen molar-refractivity contribution in [3.8, 4) is 11.8 Å². The molecule has 0 saturated heterocycles. The van der Waals surface area contributed by atoms with Crippen LogP contribution >= 0.6 is 22.6 Å². The molecule has 0 aliphatic rings. The van der Waals surface area contributed by atoms with Gasteiger partial charge in [-0.3, -0.25) is 9.59 Å². The molecule has 2 unspecified atom stereocenters. The Morgan fingerprint density at radius 3 is 2.68 bits per heavy atom. The maximum atomic E-state index is 13.1. The van der Waals surface area contributed by atoms with Crippen molar-refractivity contribution in [3.05, 3.63) is 88.9 Å². The number of carbonyl (C=O) groups is 2. The quantitative estimate of drug-likeness (QED) is 0.125. The highest BCUT2D eigenvalue weighted by Gasteiger charge is 2.18. The number of nitrogens with one attached hydrogen (secondary N) is 1. The Kier molecular flexibility index (Phi) is 11.5. The Hall–Kier alpha value is -3.69. The summed E-state index contributed by atoms with van der Waals surface area (Å²) in [5, 5.41) is 22.6. The largest absolute Gasteiger partial charge is 0.490 e. The molecule has 3 rings (SSSR count). The number of primary amides is 1. The second kappa shape index (κ2) is 14.8. The topological polar surface area (TPSA) is 143 Å². The Morgan fingerprint density at radius 1 is 1.29 bits per heavy atom. The summed E-state index contributed by atoms with van der Waals surface area (Å²) >= 11 is 2.30. The average molecular weight is 670 g/mol. The van der Waals surface area contributed by atoms with Gasteiger partial charge < -0.3 is 25.3 Å². The third kappa shape index (κ3) is 8.90. The first-order chi connectivity index (χ1) is 19.5. The molecule has 0 aliphatic heterocycles. The van der Waals surface area contributed by atoms with Gasteiger partial charge in [0, 0.05) is 36.0 Å². The number of alkyl halides is 1. The summed E-state index contributed by atoms with van der Waals surface area (Å²) in [6.45, 7) is 7.37. The number of benzene rings is 1. The zero-order valence-electron chi connectivity index (χ0n) is 23.7. The van der Waals surface area contributed by atoms with E-state index in [4.69, 9.17) is 15.5 Å². The van der Waals surface area contributed by atoms with Gasteiger partial charge in [-0.05, 0) is 64.8 Å². The first-order valence-electron chi connectivity index (χ1n) is 13.4. The SMILES string of the molecule is C/C=C(\C=C/C(I)c1cn2cccc(C(C)O)c2n1)C[C@@H](CCC(N)=O)NC(=O)c1ccc(OC(C)C)c(C#N)c1. The van der Waals surface area contributed by atoms with Crippen LogP contribution in [0, 0.1) is 11.3 Å². The van der Waals surface area contributed by atoms with Crippen LogP contribution in [0.5, 0.6) is 5.75 Å². The zero-order valence-corrected chi connectivity index (χ0v) is 25.8. The molecule has 4 N–H and O–H groups in total. The molecule has 0 fully saturated rings. The number of rotatable bonds is 13. The van der Waals surface area contributed by atoms with E-state index in [0.717, 1.165) is 22.5 Å². The van der Waals surface area contributed by atoms with Crippen molar-refractivity contribution in [2.45, 2.75) is 69.1 Å². The fourth-order valence-corrected chi connectivity index (χ4v) is 4.82. The smallest absolute Gasteiger partial charge is 0.251 e. The molecule has 2 heterocycles. The normalized spacial score (nSPS) is 14.1. The first kappa shape index (κ1) is 31.8. The van der Waals surface area contributed by atoms with Crippen molar-refractivity contribution >= 4 is 40.1 Å². The predicted molar refractivity (Wildman–Crippen MR) is 167 cm³/mol.